The van der Waals surface area contributed by atoms with E-state index in [2.05, 4.69) is 0 Å². The number of carbonyl (C=O) groups excluding carboxylic acids is 2. The fourth-order valence-electron chi connectivity index (χ4n) is 3.09. The zero-order valence-electron chi connectivity index (χ0n) is 14.4. The monoisotopic (exact) mass is 353 g/mol. The molecule has 0 aromatic heterocycles. The average molecular weight is 353 g/mol. The number of amides is 3. The van der Waals surface area contributed by atoms with Crippen molar-refractivity contribution in [2.75, 3.05) is 43.3 Å². The first-order valence-corrected chi connectivity index (χ1v) is 8.41. The summed E-state index contributed by atoms with van der Waals surface area (Å²) in [6.45, 7) is 1.27. The van der Waals surface area contributed by atoms with Crippen molar-refractivity contribution in [2.24, 2.45) is 0 Å². The van der Waals surface area contributed by atoms with Gasteiger partial charge in [0.1, 0.15) is 6.54 Å². The molecule has 134 valence electrons. The van der Waals surface area contributed by atoms with E-state index in [4.69, 9.17) is 9.47 Å². The summed E-state index contributed by atoms with van der Waals surface area (Å²) in [7, 11) is 1.72. The van der Waals surface area contributed by atoms with E-state index in [1.165, 1.54) is 0 Å². The second kappa shape index (κ2) is 6.59. The average Bonchev–Trinajstić information content (AvgIpc) is 3.28. The molecule has 2 aromatic carbocycles. The molecule has 1 fully saturated rings. The second-order valence-electron chi connectivity index (χ2n) is 6.18. The van der Waals surface area contributed by atoms with Gasteiger partial charge in [-0.1, -0.05) is 18.2 Å². The first-order chi connectivity index (χ1) is 12.6. The number of hydrogen-bond acceptors (Lipinski definition) is 4. The molecule has 2 aromatic rings. The molecule has 0 radical (unpaired) electrons. The number of likely N-dealkylation sites (N-methyl/N-ethyl adjacent to an activating group) is 1. The van der Waals surface area contributed by atoms with Crippen LogP contribution in [0.1, 0.15) is 0 Å². The summed E-state index contributed by atoms with van der Waals surface area (Å²) < 4.78 is 10.7. The third-order valence-electron chi connectivity index (χ3n) is 4.61. The fourth-order valence-corrected chi connectivity index (χ4v) is 3.09. The first kappa shape index (κ1) is 16.3. The quantitative estimate of drug-likeness (QED) is 0.846. The summed E-state index contributed by atoms with van der Waals surface area (Å²) in [5.74, 6) is 1.18. The van der Waals surface area contributed by atoms with Gasteiger partial charge < -0.3 is 19.3 Å². The van der Waals surface area contributed by atoms with Gasteiger partial charge in [-0.15, -0.1) is 0 Å². The third kappa shape index (κ3) is 2.92. The molecule has 4 rings (SSSR count). The predicted molar refractivity (Wildman–Crippen MR) is 96.7 cm³/mol. The van der Waals surface area contributed by atoms with Gasteiger partial charge in [0.2, 0.25) is 12.7 Å². The molecule has 0 aliphatic carbocycles. The van der Waals surface area contributed by atoms with Crippen LogP contribution in [0.3, 0.4) is 0 Å². The SMILES string of the molecule is CN(C(=O)CN1CCN(c2ccc3c(c2)OCO3)C1=O)c1ccccc1. The lowest BCUT2D eigenvalue weighted by Crippen LogP contribution is -2.40. The number of rotatable bonds is 4. The standard InChI is InChI=1S/C19H19N3O4/c1-20(14-5-3-2-4-6-14)18(23)12-21-9-10-22(19(21)24)15-7-8-16-17(11-15)26-13-25-16/h2-8,11H,9-10,12-13H2,1H3. The van der Waals surface area contributed by atoms with E-state index in [0.717, 1.165) is 11.4 Å². The van der Waals surface area contributed by atoms with Crippen LogP contribution in [0.15, 0.2) is 48.5 Å². The number of para-hydroxylation sites is 1. The van der Waals surface area contributed by atoms with E-state index in [-0.39, 0.29) is 25.3 Å². The number of hydrogen-bond donors (Lipinski definition) is 0. The van der Waals surface area contributed by atoms with Gasteiger partial charge >= 0.3 is 6.03 Å². The highest BCUT2D eigenvalue weighted by atomic mass is 16.7. The zero-order chi connectivity index (χ0) is 18.1. The lowest BCUT2D eigenvalue weighted by atomic mass is 10.2. The van der Waals surface area contributed by atoms with Crippen LogP contribution in [0, 0.1) is 0 Å². The largest absolute Gasteiger partial charge is 0.454 e. The summed E-state index contributed by atoms with van der Waals surface area (Å²) in [4.78, 5) is 30.0. The predicted octanol–water partition coefficient (Wildman–Crippen LogP) is 2.32. The van der Waals surface area contributed by atoms with Crippen LogP contribution in [-0.2, 0) is 4.79 Å². The molecule has 7 heteroatoms. The molecule has 2 aliphatic heterocycles. The van der Waals surface area contributed by atoms with Gasteiger partial charge in [-0.05, 0) is 24.3 Å². The maximum Gasteiger partial charge on any atom is 0.325 e. The maximum atomic E-state index is 12.7. The summed E-state index contributed by atoms with van der Waals surface area (Å²) in [5, 5.41) is 0. The Bertz CT molecular complexity index is 840. The van der Waals surface area contributed by atoms with E-state index in [9.17, 15) is 9.59 Å². The van der Waals surface area contributed by atoms with Crippen LogP contribution < -0.4 is 19.3 Å². The molecular weight excluding hydrogens is 334 g/mol. The van der Waals surface area contributed by atoms with Crippen molar-refractivity contribution in [2.45, 2.75) is 0 Å². The smallest absolute Gasteiger partial charge is 0.325 e. The third-order valence-corrected chi connectivity index (χ3v) is 4.61. The molecular formula is C19H19N3O4. The van der Waals surface area contributed by atoms with Crippen LogP contribution >= 0.6 is 0 Å². The van der Waals surface area contributed by atoms with Crippen molar-refractivity contribution in [1.82, 2.24) is 4.90 Å². The van der Waals surface area contributed by atoms with Crippen molar-refractivity contribution < 1.29 is 19.1 Å². The van der Waals surface area contributed by atoms with E-state index in [1.54, 1.807) is 33.9 Å². The van der Waals surface area contributed by atoms with Gasteiger partial charge in [0.05, 0.1) is 0 Å². The fraction of sp³-hybridized carbons (Fsp3) is 0.263. The first-order valence-electron chi connectivity index (χ1n) is 8.41. The minimum absolute atomic E-state index is 0.0469. The lowest BCUT2D eigenvalue weighted by Gasteiger charge is -2.22. The van der Waals surface area contributed by atoms with Gasteiger partial charge in [0.15, 0.2) is 11.5 Å². The minimum Gasteiger partial charge on any atom is -0.454 e. The van der Waals surface area contributed by atoms with Crippen molar-refractivity contribution in [3.63, 3.8) is 0 Å². The Kier molecular flexibility index (Phi) is 4.12. The van der Waals surface area contributed by atoms with Crippen LogP contribution in [0.4, 0.5) is 16.2 Å². The molecule has 7 nitrogen and oxygen atoms in total. The highest BCUT2D eigenvalue weighted by Crippen LogP contribution is 2.36. The van der Waals surface area contributed by atoms with Gasteiger partial charge in [0.25, 0.3) is 0 Å². The number of fused-ring (bicyclic) bond motifs is 1. The van der Waals surface area contributed by atoms with Gasteiger partial charge in [-0.2, -0.15) is 0 Å². The van der Waals surface area contributed by atoms with Crippen molar-refractivity contribution in [1.29, 1.82) is 0 Å². The Morgan fingerprint density at radius 3 is 2.65 bits per heavy atom. The summed E-state index contributed by atoms with van der Waals surface area (Å²) in [6, 6.07) is 14.6. The number of anilines is 2. The molecule has 26 heavy (non-hydrogen) atoms. The Morgan fingerprint density at radius 2 is 1.85 bits per heavy atom. The Labute approximate surface area is 151 Å². The molecule has 0 unspecified atom stereocenters. The minimum atomic E-state index is -0.182. The molecule has 1 saturated heterocycles. The topological polar surface area (TPSA) is 62.3 Å². The number of ether oxygens (including phenoxy) is 2. The summed E-state index contributed by atoms with van der Waals surface area (Å²) in [6.07, 6.45) is 0. The van der Waals surface area contributed by atoms with Crippen molar-refractivity contribution >= 4 is 23.3 Å². The summed E-state index contributed by atoms with van der Waals surface area (Å²) in [5.41, 5.74) is 1.54. The highest BCUT2D eigenvalue weighted by Gasteiger charge is 2.32. The molecule has 2 heterocycles. The summed E-state index contributed by atoms with van der Waals surface area (Å²) >= 11 is 0. The maximum absolute atomic E-state index is 12.7. The molecule has 3 amide bonds. The van der Waals surface area contributed by atoms with Crippen molar-refractivity contribution in [3.8, 4) is 11.5 Å². The number of benzene rings is 2. The molecule has 0 atom stereocenters. The number of carbonyl (C=O) groups is 2. The Morgan fingerprint density at radius 1 is 1.08 bits per heavy atom. The molecule has 0 N–H and O–H groups in total. The van der Waals surface area contributed by atoms with E-state index < -0.39 is 0 Å². The van der Waals surface area contributed by atoms with Crippen LogP contribution in [0.5, 0.6) is 11.5 Å². The second-order valence-corrected chi connectivity index (χ2v) is 6.18. The van der Waals surface area contributed by atoms with E-state index in [0.29, 0.717) is 24.6 Å². The van der Waals surface area contributed by atoms with E-state index >= 15 is 0 Å². The van der Waals surface area contributed by atoms with Crippen molar-refractivity contribution in [3.05, 3.63) is 48.5 Å². The van der Waals surface area contributed by atoms with E-state index in [1.807, 2.05) is 36.4 Å². The van der Waals surface area contributed by atoms with Crippen LogP contribution in [0.2, 0.25) is 0 Å². The number of urea groups is 1. The zero-order valence-corrected chi connectivity index (χ0v) is 14.4. The highest BCUT2D eigenvalue weighted by molar-refractivity contribution is 6.00. The Balaban J connectivity index is 1.43. The van der Waals surface area contributed by atoms with Crippen LogP contribution in [0.25, 0.3) is 0 Å². The van der Waals surface area contributed by atoms with Gasteiger partial charge in [-0.25, -0.2) is 4.79 Å². The van der Waals surface area contributed by atoms with Gasteiger partial charge in [0, 0.05) is 37.6 Å². The van der Waals surface area contributed by atoms with Crippen LogP contribution in [-0.4, -0.2) is 50.3 Å². The molecule has 2 aliphatic rings. The van der Waals surface area contributed by atoms with Gasteiger partial charge in [-0.3, -0.25) is 9.69 Å². The molecule has 0 spiro atoms. The normalized spacial score (nSPS) is 15.5. The molecule has 0 saturated carbocycles. The molecule has 0 bridgehead atoms. The number of nitrogens with zero attached hydrogens (tertiary/aromatic N) is 3. The lowest BCUT2D eigenvalue weighted by molar-refractivity contribution is -0.118. The Hall–Kier alpha value is -3.22.